The summed E-state index contributed by atoms with van der Waals surface area (Å²) in [5, 5.41) is 16.8. The van der Waals surface area contributed by atoms with Crippen molar-refractivity contribution in [1.82, 2.24) is 10.7 Å². The molecule has 158 valence electrons. The third-order valence-electron chi connectivity index (χ3n) is 4.37. The van der Waals surface area contributed by atoms with E-state index in [1.807, 2.05) is 81.6 Å². The summed E-state index contributed by atoms with van der Waals surface area (Å²) >= 11 is 4.07. The van der Waals surface area contributed by atoms with Crippen molar-refractivity contribution < 1.29 is 14.7 Å². The molecule has 8 heteroatoms. The van der Waals surface area contributed by atoms with Crippen LogP contribution in [0.1, 0.15) is 33.9 Å². The predicted molar refractivity (Wildman–Crippen MR) is 137 cm³/mol. The first-order chi connectivity index (χ1) is 14.9. The van der Waals surface area contributed by atoms with Gasteiger partial charge in [-0.2, -0.15) is 5.10 Å². The lowest BCUT2D eigenvalue weighted by molar-refractivity contribution is -0.121. The third kappa shape index (κ3) is 6.76. The van der Waals surface area contributed by atoms with Crippen LogP contribution in [0.25, 0.3) is 0 Å². The normalized spacial score (nSPS) is 11.8. The van der Waals surface area contributed by atoms with Crippen molar-refractivity contribution in [1.29, 1.82) is 0 Å². The van der Waals surface area contributed by atoms with E-state index in [2.05, 4.69) is 15.8 Å². The molecule has 3 N–H and O–H groups in total. The van der Waals surface area contributed by atoms with Crippen LogP contribution < -0.4 is 10.7 Å². The van der Waals surface area contributed by atoms with Crippen molar-refractivity contribution in [2.75, 3.05) is 0 Å². The second kappa shape index (κ2) is 11.2. The van der Waals surface area contributed by atoms with Crippen LogP contribution in [-0.4, -0.2) is 23.1 Å². The highest BCUT2D eigenvalue weighted by atomic mass is 127. The molecule has 3 aromatic carbocycles. The average molecular weight is 639 g/mol. The molecule has 3 aromatic rings. The quantitative estimate of drug-likeness (QED) is 0.201. The highest BCUT2D eigenvalue weighted by Crippen LogP contribution is 2.26. The molecule has 0 aliphatic carbocycles. The fourth-order valence-corrected chi connectivity index (χ4v) is 4.65. The summed E-state index contributed by atoms with van der Waals surface area (Å²) in [5.74, 6) is -0.358. The van der Waals surface area contributed by atoms with E-state index in [0.717, 1.165) is 11.1 Å². The molecule has 0 aliphatic rings. The van der Waals surface area contributed by atoms with Crippen LogP contribution >= 0.6 is 45.2 Å². The number of nitrogens with one attached hydrogen (secondary N) is 2. The van der Waals surface area contributed by atoms with Gasteiger partial charge in [-0.3, -0.25) is 9.59 Å². The number of benzene rings is 3. The van der Waals surface area contributed by atoms with Crippen LogP contribution in [-0.2, 0) is 4.79 Å². The van der Waals surface area contributed by atoms with Gasteiger partial charge in [-0.25, -0.2) is 5.43 Å². The number of rotatable bonds is 7. The van der Waals surface area contributed by atoms with Gasteiger partial charge in [0.15, 0.2) is 0 Å². The van der Waals surface area contributed by atoms with Crippen LogP contribution in [0.5, 0.6) is 5.75 Å². The lowest BCUT2D eigenvalue weighted by Crippen LogP contribution is -2.32. The van der Waals surface area contributed by atoms with E-state index >= 15 is 0 Å². The number of hydrogen-bond acceptors (Lipinski definition) is 4. The molecule has 0 radical (unpaired) electrons. The molecule has 0 aromatic heterocycles. The lowest BCUT2D eigenvalue weighted by atomic mass is 10.0. The van der Waals surface area contributed by atoms with Crippen LogP contribution in [0.15, 0.2) is 77.9 Å². The first-order valence-electron chi connectivity index (χ1n) is 9.35. The Kier molecular flexibility index (Phi) is 8.41. The monoisotopic (exact) mass is 639 g/mol. The first kappa shape index (κ1) is 23.2. The van der Waals surface area contributed by atoms with Crippen molar-refractivity contribution in [3.05, 3.63) is 96.6 Å². The molecule has 31 heavy (non-hydrogen) atoms. The minimum Gasteiger partial charge on any atom is -0.506 e. The SMILES string of the molecule is O=C(C[C@H](NC(=O)c1ccccc1)c1ccccc1)N/N=C\c1cc(I)c(O)c(I)c1. The minimum absolute atomic E-state index is 0.0323. The summed E-state index contributed by atoms with van der Waals surface area (Å²) in [4.78, 5) is 25.1. The summed E-state index contributed by atoms with van der Waals surface area (Å²) in [7, 11) is 0. The number of hydrazone groups is 1. The molecule has 0 saturated carbocycles. The maximum Gasteiger partial charge on any atom is 0.251 e. The molecule has 0 aliphatic heterocycles. The highest BCUT2D eigenvalue weighted by Gasteiger charge is 2.19. The average Bonchev–Trinajstić information content (AvgIpc) is 2.78. The van der Waals surface area contributed by atoms with E-state index in [0.29, 0.717) is 12.7 Å². The summed E-state index contributed by atoms with van der Waals surface area (Å²) in [6.45, 7) is 0. The van der Waals surface area contributed by atoms with Gasteiger partial charge < -0.3 is 10.4 Å². The van der Waals surface area contributed by atoms with Crippen molar-refractivity contribution >= 4 is 63.2 Å². The zero-order valence-electron chi connectivity index (χ0n) is 16.3. The third-order valence-corrected chi connectivity index (χ3v) is 6.02. The van der Waals surface area contributed by atoms with Gasteiger partial charge in [0, 0.05) is 5.56 Å². The second-order valence-electron chi connectivity index (χ2n) is 6.63. The van der Waals surface area contributed by atoms with Gasteiger partial charge in [0.05, 0.1) is 25.8 Å². The topological polar surface area (TPSA) is 90.8 Å². The Balaban J connectivity index is 1.68. The van der Waals surface area contributed by atoms with Crippen molar-refractivity contribution in [2.24, 2.45) is 5.10 Å². The zero-order chi connectivity index (χ0) is 22.2. The number of phenolic OH excluding ortho intramolecular Hbond substituents is 1. The van der Waals surface area contributed by atoms with Crippen LogP contribution in [0, 0.1) is 7.14 Å². The van der Waals surface area contributed by atoms with E-state index < -0.39 is 6.04 Å². The highest BCUT2D eigenvalue weighted by molar-refractivity contribution is 14.1. The standard InChI is InChI=1S/C23H19I2N3O3/c24-18-11-15(12-19(25)22(18)30)14-26-28-21(29)13-20(16-7-3-1-4-8-16)27-23(31)17-9-5-2-6-10-17/h1-12,14,20,30H,13H2,(H,27,31)(H,28,29)/b26-14-/t20-/m0/s1. The van der Waals surface area contributed by atoms with Gasteiger partial charge >= 0.3 is 0 Å². The Morgan fingerprint density at radius 1 is 0.968 bits per heavy atom. The fraction of sp³-hybridized carbons (Fsp3) is 0.0870. The molecule has 3 rings (SSSR count). The largest absolute Gasteiger partial charge is 0.506 e. The number of amides is 2. The maximum absolute atomic E-state index is 12.6. The summed E-state index contributed by atoms with van der Waals surface area (Å²) in [6.07, 6.45) is 1.55. The minimum atomic E-state index is -0.500. The molecule has 0 heterocycles. The van der Waals surface area contributed by atoms with Crippen LogP contribution in [0.3, 0.4) is 0 Å². The first-order valence-corrected chi connectivity index (χ1v) is 11.5. The smallest absolute Gasteiger partial charge is 0.251 e. The summed E-state index contributed by atoms with van der Waals surface area (Å²) in [6, 6.07) is 21.2. The molecule has 0 fully saturated rings. The lowest BCUT2D eigenvalue weighted by Gasteiger charge is -2.18. The van der Waals surface area contributed by atoms with Gasteiger partial charge in [0.25, 0.3) is 5.91 Å². The molecule has 0 spiro atoms. The Labute approximate surface area is 207 Å². The molecular formula is C23H19I2N3O3. The van der Waals surface area contributed by atoms with Crippen molar-refractivity contribution in [3.8, 4) is 5.75 Å². The zero-order valence-corrected chi connectivity index (χ0v) is 20.6. The van der Waals surface area contributed by atoms with E-state index in [1.165, 1.54) is 6.21 Å². The Morgan fingerprint density at radius 2 is 1.55 bits per heavy atom. The Bertz CT molecular complexity index is 1070. The van der Waals surface area contributed by atoms with Gasteiger partial charge in [-0.1, -0.05) is 48.5 Å². The number of nitrogens with zero attached hydrogens (tertiary/aromatic N) is 1. The predicted octanol–water partition coefficient (Wildman–Crippen LogP) is 4.61. The maximum atomic E-state index is 12.6. The number of halogens is 2. The number of phenols is 1. The molecular weight excluding hydrogens is 620 g/mol. The van der Waals surface area contributed by atoms with Crippen molar-refractivity contribution in [2.45, 2.75) is 12.5 Å². The van der Waals surface area contributed by atoms with Crippen molar-refractivity contribution in [3.63, 3.8) is 0 Å². The fourth-order valence-electron chi connectivity index (χ4n) is 2.84. The molecule has 2 amide bonds. The number of aromatic hydroxyl groups is 1. The number of carbonyl (C=O) groups excluding carboxylic acids is 2. The second-order valence-corrected chi connectivity index (χ2v) is 8.96. The van der Waals surface area contributed by atoms with Gasteiger partial charge in [-0.05, 0) is 80.6 Å². The Hall–Kier alpha value is -2.47. The van der Waals surface area contributed by atoms with Gasteiger partial charge in [-0.15, -0.1) is 0 Å². The molecule has 6 nitrogen and oxygen atoms in total. The van der Waals surface area contributed by atoms with E-state index in [-0.39, 0.29) is 24.0 Å². The van der Waals surface area contributed by atoms with Gasteiger partial charge in [0.2, 0.25) is 5.91 Å². The summed E-state index contributed by atoms with van der Waals surface area (Å²) in [5.41, 5.74) is 4.62. The molecule has 0 unspecified atom stereocenters. The van der Waals surface area contributed by atoms with Crippen LogP contribution in [0.4, 0.5) is 0 Å². The number of hydrogen-bond donors (Lipinski definition) is 3. The van der Waals surface area contributed by atoms with Gasteiger partial charge in [0.1, 0.15) is 5.75 Å². The Morgan fingerprint density at radius 3 is 2.16 bits per heavy atom. The van der Waals surface area contributed by atoms with Crippen LogP contribution in [0.2, 0.25) is 0 Å². The molecule has 1 atom stereocenters. The van der Waals surface area contributed by atoms with E-state index in [9.17, 15) is 14.7 Å². The molecule has 0 bridgehead atoms. The molecule has 0 saturated heterocycles. The summed E-state index contributed by atoms with van der Waals surface area (Å²) < 4.78 is 1.40. The van der Waals surface area contributed by atoms with E-state index in [1.54, 1.807) is 36.4 Å². The number of carbonyl (C=O) groups is 2. The van der Waals surface area contributed by atoms with E-state index in [4.69, 9.17) is 0 Å².